The quantitative estimate of drug-likeness (QED) is 0.451. The number of urea groups is 1. The summed E-state index contributed by atoms with van der Waals surface area (Å²) in [5, 5.41) is 13.3. The number of aryl methyl sites for hydroxylation is 1. The van der Waals surface area contributed by atoms with Crippen molar-refractivity contribution in [3.8, 4) is 0 Å². The van der Waals surface area contributed by atoms with E-state index in [9.17, 15) is 4.79 Å². The Morgan fingerprint density at radius 2 is 1.83 bits per heavy atom. The summed E-state index contributed by atoms with van der Waals surface area (Å²) in [6.07, 6.45) is 2.57. The SMILES string of the molecule is Cc1nc(C(NC(=O)Nc2ncc(Cc3ccccc3)s2)c2ccccc2)n[nH]1. The molecule has 2 amide bonds. The zero-order valence-corrected chi connectivity index (χ0v) is 16.6. The molecule has 0 radical (unpaired) electrons. The third kappa shape index (κ3) is 4.85. The molecule has 0 spiro atoms. The van der Waals surface area contributed by atoms with Crippen LogP contribution in [0.5, 0.6) is 0 Å². The molecule has 0 aliphatic heterocycles. The van der Waals surface area contributed by atoms with E-state index in [-0.39, 0.29) is 6.03 Å². The molecule has 0 saturated carbocycles. The van der Waals surface area contributed by atoms with Crippen LogP contribution in [0.3, 0.4) is 0 Å². The molecule has 2 aromatic heterocycles. The Bertz CT molecular complexity index is 1080. The second-order valence-electron chi connectivity index (χ2n) is 6.52. The van der Waals surface area contributed by atoms with E-state index >= 15 is 0 Å². The van der Waals surface area contributed by atoms with Crippen LogP contribution in [0.4, 0.5) is 9.93 Å². The molecular weight excluding hydrogens is 384 g/mol. The van der Waals surface area contributed by atoms with Crippen LogP contribution in [0, 0.1) is 6.92 Å². The minimum atomic E-state index is -0.468. The van der Waals surface area contributed by atoms with Gasteiger partial charge in [0.2, 0.25) is 0 Å². The van der Waals surface area contributed by atoms with Crippen molar-refractivity contribution < 1.29 is 4.79 Å². The zero-order chi connectivity index (χ0) is 20.1. The van der Waals surface area contributed by atoms with Gasteiger partial charge in [0, 0.05) is 17.5 Å². The van der Waals surface area contributed by atoms with Gasteiger partial charge in [-0.1, -0.05) is 60.7 Å². The monoisotopic (exact) mass is 404 g/mol. The Kier molecular flexibility index (Phi) is 5.62. The molecule has 0 saturated heterocycles. The first-order valence-corrected chi connectivity index (χ1v) is 9.99. The summed E-state index contributed by atoms with van der Waals surface area (Å²) in [7, 11) is 0. The van der Waals surface area contributed by atoms with Crippen LogP contribution in [0.25, 0.3) is 0 Å². The van der Waals surface area contributed by atoms with E-state index < -0.39 is 6.04 Å². The Hall–Kier alpha value is -3.52. The molecule has 0 fully saturated rings. The third-order valence-corrected chi connectivity index (χ3v) is 5.19. The highest BCUT2D eigenvalue weighted by molar-refractivity contribution is 7.15. The summed E-state index contributed by atoms with van der Waals surface area (Å²) < 4.78 is 0. The molecule has 4 aromatic rings. The summed E-state index contributed by atoms with van der Waals surface area (Å²) in [5.41, 5.74) is 2.10. The maximum absolute atomic E-state index is 12.6. The topological polar surface area (TPSA) is 95.6 Å². The first kappa shape index (κ1) is 18.8. The molecule has 2 heterocycles. The van der Waals surface area contributed by atoms with Crippen molar-refractivity contribution in [3.63, 3.8) is 0 Å². The smallest absolute Gasteiger partial charge is 0.321 e. The summed E-state index contributed by atoms with van der Waals surface area (Å²) in [5.74, 6) is 1.20. The normalized spacial score (nSPS) is 11.8. The molecule has 0 aliphatic rings. The number of benzene rings is 2. The van der Waals surface area contributed by atoms with Crippen molar-refractivity contribution in [2.24, 2.45) is 0 Å². The number of hydrogen-bond donors (Lipinski definition) is 3. The Morgan fingerprint density at radius 3 is 2.52 bits per heavy atom. The molecule has 1 unspecified atom stereocenters. The highest BCUT2D eigenvalue weighted by Gasteiger charge is 2.21. The number of carbonyl (C=O) groups excluding carboxylic acids is 1. The van der Waals surface area contributed by atoms with Gasteiger partial charge in [-0.25, -0.2) is 14.8 Å². The first-order chi connectivity index (χ1) is 14.2. The van der Waals surface area contributed by atoms with E-state index in [1.165, 1.54) is 16.9 Å². The lowest BCUT2D eigenvalue weighted by atomic mass is 10.1. The predicted molar refractivity (Wildman–Crippen MR) is 113 cm³/mol. The van der Waals surface area contributed by atoms with Crippen LogP contribution in [-0.4, -0.2) is 26.2 Å². The van der Waals surface area contributed by atoms with Crippen molar-refractivity contribution in [3.05, 3.63) is 94.5 Å². The maximum Gasteiger partial charge on any atom is 0.321 e. The number of nitrogens with one attached hydrogen (secondary N) is 3. The molecule has 0 bridgehead atoms. The van der Waals surface area contributed by atoms with Gasteiger partial charge in [0.15, 0.2) is 11.0 Å². The number of aromatic amines is 1. The van der Waals surface area contributed by atoms with E-state index in [0.29, 0.717) is 16.8 Å². The van der Waals surface area contributed by atoms with E-state index in [1.54, 1.807) is 6.20 Å². The van der Waals surface area contributed by atoms with Crippen LogP contribution < -0.4 is 10.6 Å². The van der Waals surface area contributed by atoms with E-state index in [0.717, 1.165) is 16.9 Å². The average molecular weight is 404 g/mol. The lowest BCUT2D eigenvalue weighted by molar-refractivity contribution is 0.249. The molecule has 2 aromatic carbocycles. The molecule has 29 heavy (non-hydrogen) atoms. The zero-order valence-electron chi connectivity index (χ0n) is 15.8. The van der Waals surface area contributed by atoms with Crippen molar-refractivity contribution in [2.75, 3.05) is 5.32 Å². The van der Waals surface area contributed by atoms with Crippen molar-refractivity contribution >= 4 is 22.5 Å². The lowest BCUT2D eigenvalue weighted by Crippen LogP contribution is -2.33. The van der Waals surface area contributed by atoms with Crippen molar-refractivity contribution in [2.45, 2.75) is 19.4 Å². The Morgan fingerprint density at radius 1 is 1.10 bits per heavy atom. The van der Waals surface area contributed by atoms with Crippen LogP contribution in [-0.2, 0) is 6.42 Å². The fourth-order valence-electron chi connectivity index (χ4n) is 2.94. The highest BCUT2D eigenvalue weighted by atomic mass is 32.1. The molecule has 0 aliphatic carbocycles. The summed E-state index contributed by atoms with van der Waals surface area (Å²) in [6.45, 7) is 1.82. The lowest BCUT2D eigenvalue weighted by Gasteiger charge is -2.16. The number of aromatic nitrogens is 4. The second kappa shape index (κ2) is 8.66. The molecule has 7 nitrogen and oxygen atoms in total. The predicted octanol–water partition coefficient (Wildman–Crippen LogP) is 4.07. The van der Waals surface area contributed by atoms with Gasteiger partial charge < -0.3 is 5.32 Å². The minimum Gasteiger partial charge on any atom is -0.324 e. The molecule has 4 rings (SSSR count). The van der Waals surface area contributed by atoms with Gasteiger partial charge in [-0.15, -0.1) is 11.3 Å². The molecule has 8 heteroatoms. The average Bonchev–Trinajstić information content (AvgIpc) is 3.36. The number of carbonyl (C=O) groups is 1. The highest BCUT2D eigenvalue weighted by Crippen LogP contribution is 2.22. The van der Waals surface area contributed by atoms with Crippen LogP contribution in [0.15, 0.2) is 66.9 Å². The summed E-state index contributed by atoms with van der Waals surface area (Å²) in [4.78, 5) is 22.4. The number of hydrogen-bond acceptors (Lipinski definition) is 5. The van der Waals surface area contributed by atoms with Gasteiger partial charge in [0.05, 0.1) is 0 Å². The van der Waals surface area contributed by atoms with Gasteiger partial charge >= 0.3 is 6.03 Å². The first-order valence-electron chi connectivity index (χ1n) is 9.17. The molecule has 3 N–H and O–H groups in total. The number of thiazole rings is 1. The fraction of sp³-hybridized carbons (Fsp3) is 0.143. The number of rotatable bonds is 6. The Balaban J connectivity index is 1.45. The number of anilines is 1. The van der Waals surface area contributed by atoms with Gasteiger partial charge in [-0.05, 0) is 18.1 Å². The Labute approximate surface area is 172 Å². The largest absolute Gasteiger partial charge is 0.324 e. The third-order valence-electron chi connectivity index (χ3n) is 4.28. The molecule has 1 atom stereocenters. The van der Waals surface area contributed by atoms with Crippen molar-refractivity contribution in [1.29, 1.82) is 0 Å². The molecule has 146 valence electrons. The minimum absolute atomic E-state index is 0.359. The van der Waals surface area contributed by atoms with Gasteiger partial charge in [0.25, 0.3) is 0 Å². The number of amides is 2. The van der Waals surface area contributed by atoms with Crippen LogP contribution in [0.1, 0.15) is 33.7 Å². The molecular formula is C21H20N6OS. The van der Waals surface area contributed by atoms with E-state index in [2.05, 4.69) is 42.9 Å². The number of H-pyrrole nitrogens is 1. The van der Waals surface area contributed by atoms with E-state index in [4.69, 9.17) is 0 Å². The van der Waals surface area contributed by atoms with Gasteiger partial charge in [-0.3, -0.25) is 10.4 Å². The standard InChI is InChI=1S/C21H20N6OS/c1-14-23-19(27-26-14)18(16-10-6-3-7-11-16)24-20(28)25-21-22-13-17(29-21)12-15-8-4-2-5-9-15/h2-11,13,18H,12H2,1H3,(H,23,26,27)(H2,22,24,25,28). The second-order valence-corrected chi connectivity index (χ2v) is 7.63. The summed E-state index contributed by atoms with van der Waals surface area (Å²) >= 11 is 1.46. The van der Waals surface area contributed by atoms with Gasteiger partial charge in [0.1, 0.15) is 11.9 Å². The number of nitrogens with zero attached hydrogens (tertiary/aromatic N) is 3. The maximum atomic E-state index is 12.6. The van der Waals surface area contributed by atoms with Crippen LogP contribution in [0.2, 0.25) is 0 Å². The van der Waals surface area contributed by atoms with Crippen molar-refractivity contribution in [1.82, 2.24) is 25.5 Å². The van der Waals surface area contributed by atoms with Gasteiger partial charge in [-0.2, -0.15) is 5.10 Å². The van der Waals surface area contributed by atoms with E-state index in [1.807, 2.05) is 55.5 Å². The fourth-order valence-corrected chi connectivity index (χ4v) is 3.78. The van der Waals surface area contributed by atoms with Crippen LogP contribution >= 0.6 is 11.3 Å². The summed E-state index contributed by atoms with van der Waals surface area (Å²) in [6, 6.07) is 18.9.